The molecule has 0 unspecified atom stereocenters. The van der Waals surface area contributed by atoms with Crippen LogP contribution in [0.15, 0.2) is 36.0 Å². The molecule has 1 aromatic carbocycles. The lowest BCUT2D eigenvalue weighted by molar-refractivity contribution is 0.970. The third kappa shape index (κ3) is 5.26. The Labute approximate surface area is 94.2 Å². The summed E-state index contributed by atoms with van der Waals surface area (Å²) < 4.78 is 0. The van der Waals surface area contributed by atoms with E-state index in [0.717, 1.165) is 6.42 Å². The van der Waals surface area contributed by atoms with Gasteiger partial charge in [0.25, 0.3) is 0 Å². The van der Waals surface area contributed by atoms with Gasteiger partial charge in [-0.05, 0) is 31.4 Å². The molecule has 84 valence electrons. The van der Waals surface area contributed by atoms with E-state index in [2.05, 4.69) is 49.5 Å². The van der Waals surface area contributed by atoms with E-state index in [9.17, 15) is 0 Å². The summed E-state index contributed by atoms with van der Waals surface area (Å²) in [6.45, 7) is 8.23. The van der Waals surface area contributed by atoms with Crippen LogP contribution in [0.1, 0.15) is 31.9 Å². The molecule has 0 saturated heterocycles. The molecule has 0 spiro atoms. The quantitative estimate of drug-likeness (QED) is 0.793. The highest BCUT2D eigenvalue weighted by atomic mass is 14.8. The van der Waals surface area contributed by atoms with Crippen molar-refractivity contribution in [3.05, 3.63) is 47.2 Å². The minimum Gasteiger partial charge on any atom is -0.392 e. The number of benzene rings is 1. The largest absolute Gasteiger partial charge is 0.392 e. The van der Waals surface area contributed by atoms with Gasteiger partial charge in [-0.3, -0.25) is 0 Å². The molecule has 1 rings (SSSR count). The molecule has 0 aliphatic carbocycles. The lowest BCUT2D eigenvalue weighted by Gasteiger charge is -2.03. The van der Waals surface area contributed by atoms with Crippen LogP contribution in [0, 0.1) is 6.92 Å². The molecule has 0 radical (unpaired) electrons. The fraction of sp³-hybridized carbons (Fsp3) is 0.429. The number of hydrogen-bond donors (Lipinski definition) is 1. The van der Waals surface area contributed by atoms with Gasteiger partial charge in [0.15, 0.2) is 0 Å². The van der Waals surface area contributed by atoms with Crippen LogP contribution in [0.2, 0.25) is 0 Å². The molecule has 0 fully saturated rings. The van der Waals surface area contributed by atoms with Crippen LogP contribution < -0.4 is 5.32 Å². The Morgan fingerprint density at radius 3 is 2.40 bits per heavy atom. The highest BCUT2D eigenvalue weighted by Gasteiger charge is 1.93. The molecule has 0 atom stereocenters. The Bertz CT molecular complexity index is 300. The standard InChI is InChI=1S/C12H17N.C2H6/c1-10-6-4-5-7-12(10)9-8-11(2)13-3;1-2/h4-8,13H,9H2,1-3H3;1-2H3/b11-8-;. The highest BCUT2D eigenvalue weighted by molar-refractivity contribution is 5.27. The maximum atomic E-state index is 3.12. The number of aryl methyl sites for hydroxylation is 1. The summed E-state index contributed by atoms with van der Waals surface area (Å²) in [6, 6.07) is 8.49. The van der Waals surface area contributed by atoms with E-state index in [0.29, 0.717) is 0 Å². The smallest absolute Gasteiger partial charge is 0.00353 e. The molecular formula is C14H23N. The van der Waals surface area contributed by atoms with Crippen molar-refractivity contribution in [1.82, 2.24) is 5.32 Å². The van der Waals surface area contributed by atoms with Crippen molar-refractivity contribution in [2.24, 2.45) is 0 Å². The van der Waals surface area contributed by atoms with Crippen molar-refractivity contribution in [2.45, 2.75) is 34.1 Å². The zero-order valence-corrected chi connectivity index (χ0v) is 10.6. The summed E-state index contributed by atoms with van der Waals surface area (Å²) in [5.41, 5.74) is 3.99. The number of allylic oxidation sites excluding steroid dienone is 2. The maximum absolute atomic E-state index is 3.12. The number of rotatable bonds is 3. The van der Waals surface area contributed by atoms with Gasteiger partial charge in [-0.2, -0.15) is 0 Å². The van der Waals surface area contributed by atoms with Gasteiger partial charge >= 0.3 is 0 Å². The van der Waals surface area contributed by atoms with Crippen LogP contribution in [0.3, 0.4) is 0 Å². The van der Waals surface area contributed by atoms with Gasteiger partial charge in [-0.15, -0.1) is 0 Å². The van der Waals surface area contributed by atoms with E-state index in [1.807, 2.05) is 20.9 Å². The summed E-state index contributed by atoms with van der Waals surface area (Å²) in [6.07, 6.45) is 3.22. The van der Waals surface area contributed by atoms with Crippen LogP contribution in [-0.2, 0) is 6.42 Å². The van der Waals surface area contributed by atoms with E-state index in [1.165, 1.54) is 16.8 Å². The lowest BCUT2D eigenvalue weighted by Crippen LogP contribution is -2.02. The predicted octanol–water partition coefficient (Wildman–Crippen LogP) is 3.69. The van der Waals surface area contributed by atoms with E-state index in [1.54, 1.807) is 0 Å². The van der Waals surface area contributed by atoms with Gasteiger partial charge in [-0.25, -0.2) is 0 Å². The average Bonchev–Trinajstić information content (AvgIpc) is 2.30. The van der Waals surface area contributed by atoms with Crippen LogP contribution in [0.4, 0.5) is 0 Å². The molecule has 0 aliphatic rings. The molecule has 15 heavy (non-hydrogen) atoms. The SMILES string of the molecule is CC.CN/C(C)=C\Cc1ccccc1C. The third-order valence-corrected chi connectivity index (χ3v) is 2.28. The molecule has 1 nitrogen and oxygen atoms in total. The molecule has 0 heterocycles. The van der Waals surface area contributed by atoms with Gasteiger partial charge in [0.2, 0.25) is 0 Å². The monoisotopic (exact) mass is 205 g/mol. The Balaban J connectivity index is 0.000000921. The van der Waals surface area contributed by atoms with Crippen molar-refractivity contribution in [3.8, 4) is 0 Å². The first-order valence-corrected chi connectivity index (χ1v) is 5.63. The van der Waals surface area contributed by atoms with E-state index < -0.39 is 0 Å². The Hall–Kier alpha value is -1.24. The fourth-order valence-corrected chi connectivity index (χ4v) is 1.20. The first kappa shape index (κ1) is 13.8. The summed E-state index contributed by atoms with van der Waals surface area (Å²) in [4.78, 5) is 0. The van der Waals surface area contributed by atoms with Crippen molar-refractivity contribution in [3.63, 3.8) is 0 Å². The Morgan fingerprint density at radius 1 is 1.27 bits per heavy atom. The Kier molecular flexibility index (Phi) is 7.43. The van der Waals surface area contributed by atoms with Crippen molar-refractivity contribution < 1.29 is 0 Å². The second-order valence-electron chi connectivity index (χ2n) is 3.27. The van der Waals surface area contributed by atoms with E-state index in [-0.39, 0.29) is 0 Å². The minimum absolute atomic E-state index is 1.01. The van der Waals surface area contributed by atoms with Crippen LogP contribution in [-0.4, -0.2) is 7.05 Å². The molecule has 1 aromatic rings. The fourth-order valence-electron chi connectivity index (χ4n) is 1.20. The molecule has 0 amide bonds. The van der Waals surface area contributed by atoms with Crippen molar-refractivity contribution in [2.75, 3.05) is 7.05 Å². The zero-order valence-electron chi connectivity index (χ0n) is 10.6. The molecule has 0 bridgehead atoms. The molecule has 1 N–H and O–H groups in total. The second kappa shape index (κ2) is 8.10. The Morgan fingerprint density at radius 2 is 1.87 bits per heavy atom. The van der Waals surface area contributed by atoms with Crippen molar-refractivity contribution in [1.29, 1.82) is 0 Å². The van der Waals surface area contributed by atoms with E-state index >= 15 is 0 Å². The van der Waals surface area contributed by atoms with Gasteiger partial charge in [-0.1, -0.05) is 44.2 Å². The predicted molar refractivity (Wildman–Crippen MR) is 69.0 cm³/mol. The second-order valence-corrected chi connectivity index (χ2v) is 3.27. The summed E-state index contributed by atoms with van der Waals surface area (Å²) in [5.74, 6) is 0. The topological polar surface area (TPSA) is 12.0 Å². The van der Waals surface area contributed by atoms with Gasteiger partial charge < -0.3 is 5.32 Å². The number of hydrogen-bond acceptors (Lipinski definition) is 1. The van der Waals surface area contributed by atoms with Crippen LogP contribution in [0.25, 0.3) is 0 Å². The molecule has 0 aliphatic heterocycles. The molecule has 0 aromatic heterocycles. The van der Waals surface area contributed by atoms with E-state index in [4.69, 9.17) is 0 Å². The highest BCUT2D eigenvalue weighted by Crippen LogP contribution is 2.08. The average molecular weight is 205 g/mol. The van der Waals surface area contributed by atoms with Gasteiger partial charge in [0, 0.05) is 12.7 Å². The first-order valence-electron chi connectivity index (χ1n) is 5.63. The van der Waals surface area contributed by atoms with Crippen molar-refractivity contribution >= 4 is 0 Å². The molecule has 1 heteroatoms. The minimum atomic E-state index is 1.01. The molecular weight excluding hydrogens is 182 g/mol. The number of nitrogens with one attached hydrogen (secondary N) is 1. The third-order valence-electron chi connectivity index (χ3n) is 2.28. The lowest BCUT2D eigenvalue weighted by atomic mass is 10.1. The zero-order chi connectivity index (χ0) is 11.7. The summed E-state index contributed by atoms with van der Waals surface area (Å²) >= 11 is 0. The van der Waals surface area contributed by atoms with Crippen LogP contribution in [0.5, 0.6) is 0 Å². The normalized spacial score (nSPS) is 10.3. The van der Waals surface area contributed by atoms with Crippen LogP contribution >= 0.6 is 0 Å². The summed E-state index contributed by atoms with van der Waals surface area (Å²) in [5, 5.41) is 3.12. The van der Waals surface area contributed by atoms with Gasteiger partial charge in [0.1, 0.15) is 0 Å². The maximum Gasteiger partial charge on any atom is 0.00353 e. The van der Waals surface area contributed by atoms with Gasteiger partial charge in [0.05, 0.1) is 0 Å². The summed E-state index contributed by atoms with van der Waals surface area (Å²) in [7, 11) is 1.95. The molecule has 0 saturated carbocycles. The first-order chi connectivity index (χ1) is 7.24.